The van der Waals surface area contributed by atoms with Crippen LogP contribution in [-0.4, -0.2) is 55.7 Å². The van der Waals surface area contributed by atoms with E-state index in [9.17, 15) is 0 Å². The van der Waals surface area contributed by atoms with Crippen LogP contribution in [0.3, 0.4) is 0 Å². The van der Waals surface area contributed by atoms with Crippen molar-refractivity contribution in [3.05, 3.63) is 111 Å². The molecule has 0 saturated carbocycles. The van der Waals surface area contributed by atoms with E-state index in [1.54, 1.807) is 25.3 Å². The number of hydrogen-bond donors (Lipinski definition) is 1. The van der Waals surface area contributed by atoms with Crippen LogP contribution in [0, 0.1) is 0 Å². The van der Waals surface area contributed by atoms with E-state index in [4.69, 9.17) is 47.4 Å². The van der Waals surface area contributed by atoms with E-state index in [-0.39, 0.29) is 11.4 Å². The summed E-state index contributed by atoms with van der Waals surface area (Å²) >= 11 is 12.9. The van der Waals surface area contributed by atoms with Crippen molar-refractivity contribution in [1.82, 2.24) is 15.2 Å². The summed E-state index contributed by atoms with van der Waals surface area (Å²) in [5.74, 6) is 2.14. The Morgan fingerprint density at radius 3 is 2.10 bits per heavy atom. The first-order valence-electron chi connectivity index (χ1n) is 17.1. The predicted octanol–water partition coefficient (Wildman–Crippen LogP) is 8.72. The third-order valence-electron chi connectivity index (χ3n) is 10.0. The van der Waals surface area contributed by atoms with Gasteiger partial charge in [0.2, 0.25) is 0 Å². The monoisotopic (exact) mass is 729 g/mol. The molecule has 0 aliphatic carbocycles. The average molecular weight is 731 g/mol. The molecule has 0 radical (unpaired) electrons. The Morgan fingerprint density at radius 2 is 1.51 bits per heavy atom. The first kappa shape index (κ1) is 36.5. The van der Waals surface area contributed by atoms with Gasteiger partial charge in [-0.25, -0.2) is 4.79 Å². The maximum atomic E-state index is 15.7. The zero-order valence-electron chi connectivity index (χ0n) is 30.4. The number of aliphatic imine (C=N–C) groups is 1. The first-order chi connectivity index (χ1) is 24.3. The molecule has 2 aliphatic rings. The van der Waals surface area contributed by atoms with Crippen molar-refractivity contribution in [3.8, 4) is 17.2 Å². The molecule has 6 rings (SSSR count). The van der Waals surface area contributed by atoms with Crippen LogP contribution in [0.5, 0.6) is 17.2 Å². The Kier molecular flexibility index (Phi) is 10.0. The van der Waals surface area contributed by atoms with Gasteiger partial charge in [-0.2, -0.15) is 0 Å². The fraction of sp³-hybridized carbons (Fsp3) is 0.375. The van der Waals surface area contributed by atoms with Gasteiger partial charge in [0.05, 0.1) is 32.1 Å². The van der Waals surface area contributed by atoms with E-state index in [1.165, 1.54) is 0 Å². The van der Waals surface area contributed by atoms with Crippen molar-refractivity contribution in [3.63, 3.8) is 0 Å². The number of pyridine rings is 1. The number of carbonyl (C=O) groups is 1. The summed E-state index contributed by atoms with van der Waals surface area (Å²) < 4.78 is 17.7. The highest BCUT2D eigenvalue weighted by molar-refractivity contribution is 6.30. The second-order valence-corrected chi connectivity index (χ2v) is 15.0. The molecule has 0 spiro atoms. The van der Waals surface area contributed by atoms with Gasteiger partial charge in [-0.15, -0.1) is 0 Å². The van der Waals surface area contributed by atoms with E-state index < -0.39 is 11.1 Å². The van der Waals surface area contributed by atoms with Crippen molar-refractivity contribution < 1.29 is 19.0 Å². The highest BCUT2D eigenvalue weighted by Crippen LogP contribution is 2.54. The number of halogens is 2. The number of urea groups is 1. The van der Waals surface area contributed by atoms with Crippen LogP contribution in [-0.2, 0) is 23.0 Å². The fourth-order valence-corrected chi connectivity index (χ4v) is 7.27. The molecule has 0 unspecified atom stereocenters. The molecule has 1 N–H and O–H groups in total. The van der Waals surface area contributed by atoms with Crippen LogP contribution in [0.15, 0.2) is 77.9 Å². The number of anilines is 1. The van der Waals surface area contributed by atoms with Gasteiger partial charge < -0.3 is 19.5 Å². The Hall–Kier alpha value is -4.31. The van der Waals surface area contributed by atoms with Crippen molar-refractivity contribution >= 4 is 40.8 Å². The molecular weight excluding hydrogens is 685 g/mol. The Labute approximate surface area is 310 Å². The number of hydrogen-bond acceptors (Lipinski definition) is 7. The highest BCUT2D eigenvalue weighted by Gasteiger charge is 2.60. The molecule has 3 aromatic carbocycles. The number of benzene rings is 3. The summed E-state index contributed by atoms with van der Waals surface area (Å²) in [6, 6.07) is 20.7. The van der Waals surface area contributed by atoms with E-state index in [2.05, 4.69) is 39.9 Å². The number of ether oxygens (including phenoxy) is 3. The minimum absolute atomic E-state index is 0.240. The zero-order valence-corrected chi connectivity index (χ0v) is 31.9. The van der Waals surface area contributed by atoms with Gasteiger partial charge in [0.1, 0.15) is 22.7 Å². The van der Waals surface area contributed by atoms with E-state index in [1.807, 2.05) is 78.6 Å². The molecular formula is C40H45Cl2N5O4. The average Bonchev–Trinajstić information content (AvgIpc) is 3.21. The van der Waals surface area contributed by atoms with Crippen LogP contribution in [0.25, 0.3) is 0 Å². The lowest BCUT2D eigenvalue weighted by Gasteiger charge is -2.46. The van der Waals surface area contributed by atoms with Gasteiger partial charge in [0, 0.05) is 59.1 Å². The second kappa shape index (κ2) is 14.0. The molecule has 2 aliphatic heterocycles. The van der Waals surface area contributed by atoms with Crippen molar-refractivity contribution in [2.75, 3.05) is 38.8 Å². The van der Waals surface area contributed by atoms with Gasteiger partial charge in [0.25, 0.3) is 0 Å². The quantitative estimate of drug-likeness (QED) is 0.205. The molecule has 51 heavy (non-hydrogen) atoms. The van der Waals surface area contributed by atoms with Crippen LogP contribution in [0.4, 0.5) is 10.5 Å². The zero-order chi connectivity index (χ0) is 36.7. The lowest BCUT2D eigenvalue weighted by molar-refractivity contribution is 0.139. The molecule has 268 valence electrons. The standard InChI is InChI=1S/C40H45Cl2N5O4/c1-9-51-32-22-35(38(2,3)4)44-24-30(32)36-45-39(5,26-10-14-28(41)15-11-26)40(6,27-12-16-29(42)17-13-27)47(36)37(48)46-19-18-43-23-25-20-33(49-7)34(50-8)21-31(25)46/h10-17,20-22,24,43H,9,18-19,23H2,1-8H3/t39-,40-/m1/s1. The molecule has 9 nitrogen and oxygen atoms in total. The van der Waals surface area contributed by atoms with E-state index in [0.717, 1.165) is 22.4 Å². The van der Waals surface area contributed by atoms with Gasteiger partial charge in [-0.05, 0) is 67.8 Å². The summed E-state index contributed by atoms with van der Waals surface area (Å²) in [7, 11) is 3.20. The van der Waals surface area contributed by atoms with Crippen LogP contribution < -0.4 is 24.4 Å². The molecule has 0 saturated heterocycles. The summed E-state index contributed by atoms with van der Waals surface area (Å²) in [6.45, 7) is 14.3. The topological polar surface area (TPSA) is 88.5 Å². The molecule has 2 atom stereocenters. The number of methoxy groups -OCH3 is 2. The molecule has 0 fully saturated rings. The van der Waals surface area contributed by atoms with Gasteiger partial charge in [0.15, 0.2) is 11.5 Å². The molecule has 3 heterocycles. The Bertz CT molecular complexity index is 1960. The van der Waals surface area contributed by atoms with E-state index >= 15 is 4.79 Å². The van der Waals surface area contributed by atoms with Gasteiger partial charge >= 0.3 is 6.03 Å². The third-order valence-corrected chi connectivity index (χ3v) is 10.6. The van der Waals surface area contributed by atoms with Crippen LogP contribution in [0.2, 0.25) is 10.0 Å². The Morgan fingerprint density at radius 1 is 0.902 bits per heavy atom. The number of nitrogens with zero attached hydrogens (tertiary/aromatic N) is 4. The number of amides is 2. The molecule has 4 aromatic rings. The SMILES string of the molecule is CCOc1cc(C(C)(C)C)ncc1C1=N[C@](C)(c2ccc(Cl)cc2)[C@@](C)(c2ccc(Cl)cc2)N1C(=O)N1CCNCc2cc(OC)c(OC)cc21. The minimum atomic E-state index is -1.10. The maximum absolute atomic E-state index is 15.7. The number of rotatable bonds is 7. The largest absolute Gasteiger partial charge is 0.493 e. The number of nitrogens with one attached hydrogen (secondary N) is 1. The van der Waals surface area contributed by atoms with Crippen molar-refractivity contribution in [2.45, 2.75) is 64.6 Å². The van der Waals surface area contributed by atoms with Gasteiger partial charge in [-0.1, -0.05) is 68.2 Å². The third kappa shape index (κ3) is 6.40. The minimum Gasteiger partial charge on any atom is -0.493 e. The summed E-state index contributed by atoms with van der Waals surface area (Å²) in [5.41, 5.74) is 2.44. The molecule has 1 aromatic heterocycles. The lowest BCUT2D eigenvalue weighted by Crippen LogP contribution is -2.59. The fourth-order valence-electron chi connectivity index (χ4n) is 7.01. The Balaban J connectivity index is 1.66. The molecule has 11 heteroatoms. The lowest BCUT2D eigenvalue weighted by atomic mass is 9.71. The summed E-state index contributed by atoms with van der Waals surface area (Å²) in [5, 5.41) is 4.65. The second-order valence-electron chi connectivity index (χ2n) is 14.1. The smallest absolute Gasteiger partial charge is 0.331 e. The molecule has 0 bridgehead atoms. The van der Waals surface area contributed by atoms with Crippen molar-refractivity contribution in [1.29, 1.82) is 0 Å². The van der Waals surface area contributed by atoms with E-state index in [0.29, 0.717) is 70.6 Å². The number of carbonyl (C=O) groups excluding carboxylic acids is 1. The summed E-state index contributed by atoms with van der Waals surface area (Å²) in [6.07, 6.45) is 1.78. The van der Waals surface area contributed by atoms with Gasteiger partial charge in [-0.3, -0.25) is 19.8 Å². The first-order valence-corrected chi connectivity index (χ1v) is 17.9. The maximum Gasteiger partial charge on any atom is 0.331 e. The highest BCUT2D eigenvalue weighted by atomic mass is 35.5. The number of amidine groups is 1. The molecule has 2 amide bonds. The van der Waals surface area contributed by atoms with Crippen LogP contribution >= 0.6 is 23.2 Å². The number of fused-ring (bicyclic) bond motifs is 1. The summed E-state index contributed by atoms with van der Waals surface area (Å²) in [4.78, 5) is 29.8. The van der Waals surface area contributed by atoms with Crippen LogP contribution in [0.1, 0.15) is 69.5 Å². The van der Waals surface area contributed by atoms with Crippen molar-refractivity contribution in [2.24, 2.45) is 4.99 Å². The number of aromatic nitrogens is 1. The predicted molar refractivity (Wildman–Crippen MR) is 204 cm³/mol. The normalized spacial score (nSPS) is 20.4.